The Labute approximate surface area is 89.0 Å². The van der Waals surface area contributed by atoms with Crippen LogP contribution in [0.25, 0.3) is 10.7 Å². The highest BCUT2D eigenvalue weighted by Crippen LogP contribution is 2.21. The van der Waals surface area contributed by atoms with E-state index in [4.69, 9.17) is 9.78 Å². The van der Waals surface area contributed by atoms with Crippen molar-refractivity contribution in [3.8, 4) is 16.8 Å². The number of nitrogens with zero attached hydrogens (tertiary/aromatic N) is 3. The van der Waals surface area contributed by atoms with E-state index in [-0.39, 0.29) is 12.3 Å². The van der Waals surface area contributed by atoms with Gasteiger partial charge in [0.1, 0.15) is 6.42 Å². The molecule has 0 spiro atoms. The van der Waals surface area contributed by atoms with E-state index in [0.29, 0.717) is 5.82 Å². The van der Waals surface area contributed by atoms with Crippen molar-refractivity contribution in [1.82, 2.24) is 10.1 Å². The van der Waals surface area contributed by atoms with Crippen LogP contribution in [-0.2, 0) is 0 Å². The summed E-state index contributed by atoms with van der Waals surface area (Å²) in [5.41, 5.74) is 0. The van der Waals surface area contributed by atoms with Crippen LogP contribution < -0.4 is 0 Å². The zero-order valence-corrected chi connectivity index (χ0v) is 8.32. The largest absolute Gasteiger partial charge is 0.330 e. The second-order valence-electron chi connectivity index (χ2n) is 2.66. The second kappa shape index (κ2) is 4.02. The van der Waals surface area contributed by atoms with Crippen molar-refractivity contribution in [1.29, 1.82) is 5.26 Å². The fraction of sp³-hybridized carbons (Fsp3) is 0.111. The van der Waals surface area contributed by atoms with Gasteiger partial charge in [0.25, 0.3) is 5.89 Å². The summed E-state index contributed by atoms with van der Waals surface area (Å²) in [5.74, 6) is -0.181. The van der Waals surface area contributed by atoms with E-state index in [0.717, 1.165) is 4.88 Å². The van der Waals surface area contributed by atoms with Gasteiger partial charge in [-0.25, -0.2) is 0 Å². The van der Waals surface area contributed by atoms with Gasteiger partial charge in [-0.05, 0) is 11.4 Å². The Hall–Kier alpha value is -2.00. The van der Waals surface area contributed by atoms with E-state index in [2.05, 4.69) is 10.1 Å². The zero-order chi connectivity index (χ0) is 10.7. The van der Waals surface area contributed by atoms with Crippen LogP contribution in [0.4, 0.5) is 0 Å². The Morgan fingerprint density at radius 2 is 2.53 bits per heavy atom. The molecule has 0 atom stereocenters. The predicted molar refractivity (Wildman–Crippen MR) is 52.2 cm³/mol. The van der Waals surface area contributed by atoms with Crippen molar-refractivity contribution in [2.45, 2.75) is 6.42 Å². The molecule has 5 nitrogen and oxygen atoms in total. The molecule has 0 bridgehead atoms. The van der Waals surface area contributed by atoms with E-state index < -0.39 is 5.78 Å². The number of Topliss-reactive ketones (excluding diaryl/α,β-unsaturated/α-hetero) is 1. The fourth-order valence-electron chi connectivity index (χ4n) is 0.990. The van der Waals surface area contributed by atoms with Crippen molar-refractivity contribution in [3.05, 3.63) is 23.4 Å². The number of ketones is 1. The van der Waals surface area contributed by atoms with Crippen molar-refractivity contribution < 1.29 is 9.32 Å². The van der Waals surface area contributed by atoms with Crippen molar-refractivity contribution in [3.63, 3.8) is 0 Å². The van der Waals surface area contributed by atoms with E-state index in [1.54, 1.807) is 6.07 Å². The molecule has 6 heteroatoms. The molecular weight excluding hydrogens is 214 g/mol. The predicted octanol–water partition coefficient (Wildman–Crippen LogP) is 1.89. The van der Waals surface area contributed by atoms with Gasteiger partial charge < -0.3 is 4.52 Å². The Kier molecular flexibility index (Phi) is 2.56. The Morgan fingerprint density at radius 3 is 3.20 bits per heavy atom. The van der Waals surface area contributed by atoms with Gasteiger partial charge in [0.05, 0.1) is 10.9 Å². The third kappa shape index (κ3) is 1.92. The number of rotatable bonds is 3. The molecule has 2 aromatic rings. The zero-order valence-electron chi connectivity index (χ0n) is 7.51. The number of hydrogen-bond acceptors (Lipinski definition) is 6. The highest BCUT2D eigenvalue weighted by molar-refractivity contribution is 7.13. The van der Waals surface area contributed by atoms with Gasteiger partial charge >= 0.3 is 0 Å². The lowest BCUT2D eigenvalue weighted by atomic mass is 10.3. The first-order chi connectivity index (χ1) is 7.31. The number of carbonyl (C=O) groups excluding carboxylic acids is 1. The Balaban J connectivity index is 2.26. The van der Waals surface area contributed by atoms with Crippen molar-refractivity contribution in [2.75, 3.05) is 0 Å². The molecule has 0 amide bonds. The molecule has 0 radical (unpaired) electrons. The van der Waals surface area contributed by atoms with Gasteiger partial charge in [0.2, 0.25) is 11.6 Å². The van der Waals surface area contributed by atoms with Gasteiger partial charge in [-0.3, -0.25) is 4.79 Å². The summed E-state index contributed by atoms with van der Waals surface area (Å²) in [5, 5.41) is 13.9. The summed E-state index contributed by atoms with van der Waals surface area (Å²) < 4.78 is 4.75. The molecule has 2 rings (SSSR count). The third-order valence-corrected chi connectivity index (χ3v) is 2.51. The minimum absolute atomic E-state index is 0.111. The summed E-state index contributed by atoms with van der Waals surface area (Å²) in [6.45, 7) is 0. The van der Waals surface area contributed by atoms with Crippen LogP contribution in [0.5, 0.6) is 0 Å². The van der Waals surface area contributed by atoms with Crippen LogP contribution in [0.3, 0.4) is 0 Å². The van der Waals surface area contributed by atoms with E-state index in [1.807, 2.05) is 17.5 Å². The molecule has 0 aliphatic rings. The number of thiophene rings is 1. The van der Waals surface area contributed by atoms with Gasteiger partial charge in [-0.2, -0.15) is 10.2 Å². The van der Waals surface area contributed by atoms with Crippen LogP contribution in [-0.4, -0.2) is 15.9 Å². The number of carbonyl (C=O) groups is 1. The van der Waals surface area contributed by atoms with Crippen LogP contribution in [0.2, 0.25) is 0 Å². The summed E-state index contributed by atoms with van der Waals surface area (Å²) in [7, 11) is 0. The summed E-state index contributed by atoms with van der Waals surface area (Å²) in [6.07, 6.45) is -0.244. The van der Waals surface area contributed by atoms with Gasteiger partial charge in [0.15, 0.2) is 0 Å². The molecule has 0 unspecified atom stereocenters. The maximum Gasteiger partial charge on any atom is 0.295 e. The van der Waals surface area contributed by atoms with E-state index in [9.17, 15) is 4.79 Å². The molecule has 0 aromatic carbocycles. The van der Waals surface area contributed by atoms with Gasteiger partial charge in [-0.1, -0.05) is 11.2 Å². The lowest BCUT2D eigenvalue weighted by Gasteiger charge is -1.83. The fourth-order valence-corrected chi connectivity index (χ4v) is 1.64. The third-order valence-electron chi connectivity index (χ3n) is 1.65. The van der Waals surface area contributed by atoms with E-state index >= 15 is 0 Å². The van der Waals surface area contributed by atoms with Crippen LogP contribution in [0.1, 0.15) is 17.1 Å². The molecule has 0 N–H and O–H groups in total. The van der Waals surface area contributed by atoms with Crippen molar-refractivity contribution >= 4 is 17.1 Å². The van der Waals surface area contributed by atoms with Crippen LogP contribution >= 0.6 is 11.3 Å². The monoisotopic (exact) mass is 219 g/mol. The van der Waals surface area contributed by atoms with Gasteiger partial charge in [-0.15, -0.1) is 11.3 Å². The standard InChI is InChI=1S/C9H5N3O2S/c10-4-3-6(13)9-11-8(12-14-9)7-2-1-5-15-7/h1-2,5H,3H2. The lowest BCUT2D eigenvalue weighted by Crippen LogP contribution is -1.97. The first-order valence-corrected chi connectivity index (χ1v) is 4.97. The molecule has 74 valence electrons. The molecule has 0 saturated heterocycles. The minimum Gasteiger partial charge on any atom is -0.330 e. The SMILES string of the molecule is N#CCC(=O)c1nc(-c2cccs2)no1. The van der Waals surface area contributed by atoms with Crippen LogP contribution in [0, 0.1) is 11.3 Å². The van der Waals surface area contributed by atoms with Crippen molar-refractivity contribution in [2.24, 2.45) is 0 Å². The quantitative estimate of drug-likeness (QED) is 0.736. The van der Waals surface area contributed by atoms with Gasteiger partial charge in [0, 0.05) is 0 Å². The summed E-state index contributed by atoms with van der Waals surface area (Å²) in [6, 6.07) is 5.42. The molecule has 0 fully saturated rings. The molecule has 2 aromatic heterocycles. The normalized spacial score (nSPS) is 9.80. The summed E-state index contributed by atoms with van der Waals surface area (Å²) >= 11 is 1.45. The first-order valence-electron chi connectivity index (χ1n) is 4.09. The average Bonchev–Trinajstić information content (AvgIpc) is 2.89. The number of aromatic nitrogens is 2. The number of hydrogen-bond donors (Lipinski definition) is 0. The molecule has 2 heterocycles. The molecule has 15 heavy (non-hydrogen) atoms. The molecular formula is C9H5N3O2S. The minimum atomic E-state index is -0.451. The molecule has 0 aliphatic carbocycles. The highest BCUT2D eigenvalue weighted by atomic mass is 32.1. The Morgan fingerprint density at radius 1 is 1.67 bits per heavy atom. The molecule has 0 aliphatic heterocycles. The smallest absolute Gasteiger partial charge is 0.295 e. The molecule has 0 saturated carbocycles. The lowest BCUT2D eigenvalue weighted by molar-refractivity contribution is 0.0956. The highest BCUT2D eigenvalue weighted by Gasteiger charge is 2.15. The van der Waals surface area contributed by atoms with Crippen LogP contribution in [0.15, 0.2) is 22.0 Å². The average molecular weight is 219 g/mol. The first kappa shape index (κ1) is 9.55. The summed E-state index contributed by atoms with van der Waals surface area (Å²) in [4.78, 5) is 15.9. The maximum absolute atomic E-state index is 11.2. The Bertz CT molecular complexity index is 510. The second-order valence-corrected chi connectivity index (χ2v) is 3.61. The topological polar surface area (TPSA) is 79.8 Å². The number of nitriles is 1. The van der Waals surface area contributed by atoms with E-state index in [1.165, 1.54) is 11.3 Å². The maximum atomic E-state index is 11.2.